The Morgan fingerprint density at radius 3 is 2.26 bits per heavy atom. The Labute approximate surface area is 206 Å². The number of carbonyl (C=O) groups is 2. The van der Waals surface area contributed by atoms with Gasteiger partial charge in [0.2, 0.25) is 5.91 Å². The minimum atomic E-state index is -0.963. The Kier molecular flexibility index (Phi) is 8.13. The number of hydrogen-bond donors (Lipinski definition) is 1. The van der Waals surface area contributed by atoms with Gasteiger partial charge < -0.3 is 14.9 Å². The summed E-state index contributed by atoms with van der Waals surface area (Å²) in [6.45, 7) is 1.19. The van der Waals surface area contributed by atoms with Gasteiger partial charge in [-0.05, 0) is 68.5 Å². The summed E-state index contributed by atoms with van der Waals surface area (Å²) in [5.41, 5.74) is 1.71. The fraction of sp³-hybridized carbons (Fsp3) is 0.379. The monoisotopic (exact) mass is 476 g/mol. The smallest absolute Gasteiger partial charge is 0.326 e. The van der Waals surface area contributed by atoms with Crippen LogP contribution in [0, 0.1) is 5.92 Å². The number of rotatable bonds is 9. The van der Waals surface area contributed by atoms with E-state index in [-0.39, 0.29) is 17.8 Å². The molecule has 1 heterocycles. The Hall–Kier alpha value is -3.25. The van der Waals surface area contributed by atoms with Crippen LogP contribution in [0.15, 0.2) is 84.7 Å². The SMILES string of the molecule is CN(CCCC1C=CC(F)=CC1)C1CC(C(=O)O)N(C(=O)C(c2ccccc2)c2ccccc2)C1. The zero-order valence-corrected chi connectivity index (χ0v) is 20.1. The molecule has 0 radical (unpaired) electrons. The molecule has 6 heteroatoms. The molecule has 2 aliphatic rings. The van der Waals surface area contributed by atoms with E-state index in [2.05, 4.69) is 4.90 Å². The van der Waals surface area contributed by atoms with Crippen molar-refractivity contribution >= 4 is 11.9 Å². The summed E-state index contributed by atoms with van der Waals surface area (Å²) in [7, 11) is 2.00. The normalized spacial score (nSPS) is 22.0. The number of likely N-dealkylation sites (tertiary alicyclic amines) is 1. The maximum absolute atomic E-state index is 13.9. The Morgan fingerprint density at radius 1 is 1.09 bits per heavy atom. The zero-order valence-electron chi connectivity index (χ0n) is 20.1. The van der Waals surface area contributed by atoms with Crippen LogP contribution in [0.1, 0.15) is 42.7 Å². The van der Waals surface area contributed by atoms with E-state index in [9.17, 15) is 19.1 Å². The first-order valence-electron chi connectivity index (χ1n) is 12.3. The number of carboxylic acids is 1. The number of nitrogens with zero attached hydrogens (tertiary/aromatic N) is 2. The van der Waals surface area contributed by atoms with Gasteiger partial charge in [0, 0.05) is 12.6 Å². The van der Waals surface area contributed by atoms with Crippen molar-refractivity contribution in [2.24, 2.45) is 5.92 Å². The second-order valence-corrected chi connectivity index (χ2v) is 9.56. The lowest BCUT2D eigenvalue weighted by atomic mass is 9.90. The third-order valence-electron chi connectivity index (χ3n) is 7.21. The fourth-order valence-electron chi connectivity index (χ4n) is 5.18. The molecule has 3 atom stereocenters. The highest BCUT2D eigenvalue weighted by atomic mass is 19.1. The van der Waals surface area contributed by atoms with Crippen LogP contribution in [0.25, 0.3) is 0 Å². The quantitative estimate of drug-likeness (QED) is 0.553. The van der Waals surface area contributed by atoms with E-state index in [4.69, 9.17) is 0 Å². The number of hydrogen-bond acceptors (Lipinski definition) is 3. The topological polar surface area (TPSA) is 60.9 Å². The van der Waals surface area contributed by atoms with Crippen molar-refractivity contribution in [1.29, 1.82) is 0 Å². The van der Waals surface area contributed by atoms with Gasteiger partial charge in [0.1, 0.15) is 11.9 Å². The molecule has 184 valence electrons. The molecule has 1 fully saturated rings. The number of halogens is 1. The lowest BCUT2D eigenvalue weighted by molar-refractivity contribution is -0.148. The number of allylic oxidation sites excluding steroid dienone is 4. The molecular weight excluding hydrogens is 443 g/mol. The van der Waals surface area contributed by atoms with Crippen LogP contribution < -0.4 is 0 Å². The molecule has 35 heavy (non-hydrogen) atoms. The van der Waals surface area contributed by atoms with E-state index < -0.39 is 17.9 Å². The minimum absolute atomic E-state index is 0.0218. The first kappa shape index (κ1) is 24.9. The summed E-state index contributed by atoms with van der Waals surface area (Å²) >= 11 is 0. The maximum Gasteiger partial charge on any atom is 0.326 e. The van der Waals surface area contributed by atoms with E-state index >= 15 is 0 Å². The van der Waals surface area contributed by atoms with Gasteiger partial charge in [-0.1, -0.05) is 66.7 Å². The number of likely N-dealkylation sites (N-methyl/N-ethyl adjacent to an activating group) is 1. The number of carbonyl (C=O) groups excluding carboxylic acids is 1. The summed E-state index contributed by atoms with van der Waals surface area (Å²) in [4.78, 5) is 29.8. The van der Waals surface area contributed by atoms with Crippen LogP contribution in [0.5, 0.6) is 0 Å². The van der Waals surface area contributed by atoms with E-state index in [0.717, 1.165) is 36.9 Å². The Morgan fingerprint density at radius 2 is 1.71 bits per heavy atom. The molecular formula is C29H33FN2O3. The molecule has 1 saturated heterocycles. The number of benzene rings is 2. The second kappa shape index (κ2) is 11.5. The van der Waals surface area contributed by atoms with Gasteiger partial charge in [-0.3, -0.25) is 4.79 Å². The van der Waals surface area contributed by atoms with Gasteiger partial charge in [0.25, 0.3) is 0 Å². The minimum Gasteiger partial charge on any atom is -0.480 e. The van der Waals surface area contributed by atoms with Crippen molar-refractivity contribution in [3.8, 4) is 0 Å². The molecule has 4 rings (SSSR count). The molecule has 1 N–H and O–H groups in total. The molecule has 1 aliphatic heterocycles. The number of carboxylic acid groups (broad SMARTS) is 1. The van der Waals surface area contributed by atoms with E-state index in [1.54, 1.807) is 11.0 Å². The lowest BCUT2D eigenvalue weighted by Gasteiger charge is -2.28. The van der Waals surface area contributed by atoms with Crippen molar-refractivity contribution in [2.75, 3.05) is 20.1 Å². The molecule has 0 saturated carbocycles. The molecule has 0 spiro atoms. The molecule has 0 aromatic heterocycles. The second-order valence-electron chi connectivity index (χ2n) is 9.56. The summed E-state index contributed by atoms with van der Waals surface area (Å²) in [6.07, 6.45) is 8.10. The molecule has 2 aromatic rings. The van der Waals surface area contributed by atoms with E-state index in [1.807, 2.05) is 73.8 Å². The predicted molar refractivity (Wildman–Crippen MR) is 135 cm³/mol. The molecule has 3 unspecified atom stereocenters. The predicted octanol–water partition coefficient (Wildman–Crippen LogP) is 5.01. The summed E-state index contributed by atoms with van der Waals surface area (Å²) in [5.74, 6) is -1.51. The van der Waals surface area contributed by atoms with Gasteiger partial charge in [-0.25, -0.2) is 9.18 Å². The van der Waals surface area contributed by atoms with Crippen molar-refractivity contribution in [3.63, 3.8) is 0 Å². The van der Waals surface area contributed by atoms with Crippen LogP contribution >= 0.6 is 0 Å². The van der Waals surface area contributed by atoms with Crippen LogP contribution in [0.3, 0.4) is 0 Å². The van der Waals surface area contributed by atoms with Crippen molar-refractivity contribution in [3.05, 3.63) is 95.8 Å². The Bertz CT molecular complexity index is 1030. The molecule has 2 aromatic carbocycles. The van der Waals surface area contributed by atoms with Crippen LogP contribution in [-0.4, -0.2) is 59.0 Å². The highest BCUT2D eigenvalue weighted by Crippen LogP contribution is 2.32. The van der Waals surface area contributed by atoms with Crippen molar-refractivity contribution < 1.29 is 19.1 Å². The van der Waals surface area contributed by atoms with Gasteiger partial charge >= 0.3 is 5.97 Å². The van der Waals surface area contributed by atoms with Crippen molar-refractivity contribution in [2.45, 2.75) is 43.7 Å². The van der Waals surface area contributed by atoms with Gasteiger partial charge in [-0.2, -0.15) is 0 Å². The fourth-order valence-corrected chi connectivity index (χ4v) is 5.18. The Balaban J connectivity index is 1.45. The van der Waals surface area contributed by atoms with Gasteiger partial charge in [0.15, 0.2) is 0 Å². The third-order valence-corrected chi connectivity index (χ3v) is 7.21. The van der Waals surface area contributed by atoms with E-state index in [1.165, 1.54) is 6.08 Å². The maximum atomic E-state index is 13.9. The summed E-state index contributed by atoms with van der Waals surface area (Å²) < 4.78 is 13.2. The largest absolute Gasteiger partial charge is 0.480 e. The van der Waals surface area contributed by atoms with Crippen LogP contribution in [0.4, 0.5) is 4.39 Å². The molecule has 1 aliphatic carbocycles. The van der Waals surface area contributed by atoms with Gasteiger partial charge in [-0.15, -0.1) is 0 Å². The third kappa shape index (κ3) is 6.06. The number of aliphatic carboxylic acids is 1. The van der Waals surface area contributed by atoms with Crippen molar-refractivity contribution in [1.82, 2.24) is 9.80 Å². The highest BCUT2D eigenvalue weighted by Gasteiger charge is 2.43. The highest BCUT2D eigenvalue weighted by molar-refractivity contribution is 5.91. The zero-order chi connectivity index (χ0) is 24.8. The molecule has 0 bridgehead atoms. The van der Waals surface area contributed by atoms with E-state index in [0.29, 0.717) is 18.9 Å². The standard InChI is InChI=1S/C29H33FN2O3/c1-31(18-8-9-21-14-16-24(30)17-15-21)25-19-26(29(34)35)32(20-25)28(33)27(22-10-4-2-5-11-22)23-12-6-3-7-13-23/h2-7,10-14,16-17,21,25-27H,8-9,15,18-20H2,1H3,(H,34,35). The average molecular weight is 477 g/mol. The average Bonchev–Trinajstić information content (AvgIpc) is 3.33. The first-order chi connectivity index (χ1) is 16.9. The summed E-state index contributed by atoms with van der Waals surface area (Å²) in [5, 5.41) is 9.97. The van der Waals surface area contributed by atoms with Crippen LogP contribution in [0.2, 0.25) is 0 Å². The molecule has 1 amide bonds. The number of amides is 1. The summed E-state index contributed by atoms with van der Waals surface area (Å²) in [6, 6.07) is 18.2. The molecule has 5 nitrogen and oxygen atoms in total. The lowest BCUT2D eigenvalue weighted by Crippen LogP contribution is -2.43. The van der Waals surface area contributed by atoms with Gasteiger partial charge in [0.05, 0.1) is 5.92 Å². The van der Waals surface area contributed by atoms with Crippen LogP contribution in [-0.2, 0) is 9.59 Å². The first-order valence-corrected chi connectivity index (χ1v) is 12.3.